The number of hydrogen-bond acceptors (Lipinski definition) is 0. The summed E-state index contributed by atoms with van der Waals surface area (Å²) in [4.78, 5) is 0. The SMILES string of the molecule is CCCCCCCCCCCCCCCc1n(CC)cc[n+]1CCCCCCC. The third kappa shape index (κ3) is 13.2. The van der Waals surface area contributed by atoms with E-state index in [0.717, 1.165) is 6.54 Å². The molecule has 0 N–H and O–H groups in total. The van der Waals surface area contributed by atoms with E-state index in [0.29, 0.717) is 0 Å². The molecular formula is C27H53N2+. The van der Waals surface area contributed by atoms with Crippen molar-refractivity contribution in [3.63, 3.8) is 0 Å². The highest BCUT2D eigenvalue weighted by molar-refractivity contribution is 4.83. The molecule has 0 aromatic carbocycles. The Kier molecular flexibility index (Phi) is 17.4. The fraction of sp³-hybridized carbons (Fsp3) is 0.889. The second-order valence-corrected chi connectivity index (χ2v) is 9.10. The number of nitrogens with zero attached hydrogens (tertiary/aromatic N) is 2. The summed E-state index contributed by atoms with van der Waals surface area (Å²) in [6.45, 7) is 9.19. The van der Waals surface area contributed by atoms with Gasteiger partial charge in [0.1, 0.15) is 12.4 Å². The van der Waals surface area contributed by atoms with Gasteiger partial charge in [0, 0.05) is 6.42 Å². The Morgan fingerprint density at radius 2 is 1.03 bits per heavy atom. The van der Waals surface area contributed by atoms with Crippen LogP contribution in [0.4, 0.5) is 0 Å². The van der Waals surface area contributed by atoms with Crippen LogP contribution in [0.25, 0.3) is 0 Å². The minimum Gasteiger partial charge on any atom is -0.235 e. The van der Waals surface area contributed by atoms with Crippen LogP contribution in [0.2, 0.25) is 0 Å². The summed E-state index contributed by atoms with van der Waals surface area (Å²) in [5.41, 5.74) is 0. The molecule has 2 heteroatoms. The standard InChI is InChI=1S/C27H53N2/c1-4-7-9-11-12-13-14-15-16-17-18-19-21-23-27-28(6-3)25-26-29(27)24-22-20-10-8-5-2/h25-26H,4-24H2,1-3H3/q+1. The van der Waals surface area contributed by atoms with Crippen LogP contribution >= 0.6 is 0 Å². The third-order valence-corrected chi connectivity index (χ3v) is 6.44. The van der Waals surface area contributed by atoms with Crippen LogP contribution in [0.1, 0.15) is 142 Å². The molecule has 0 saturated heterocycles. The van der Waals surface area contributed by atoms with Gasteiger partial charge in [-0.25, -0.2) is 9.13 Å². The Hall–Kier alpha value is -0.790. The van der Waals surface area contributed by atoms with Crippen molar-refractivity contribution in [2.75, 3.05) is 0 Å². The molecule has 2 nitrogen and oxygen atoms in total. The highest BCUT2D eigenvalue weighted by atomic mass is 15.1. The summed E-state index contributed by atoms with van der Waals surface area (Å²) in [5, 5.41) is 0. The first kappa shape index (κ1) is 26.2. The molecular weight excluding hydrogens is 352 g/mol. The Labute approximate surface area is 183 Å². The summed E-state index contributed by atoms with van der Waals surface area (Å²) >= 11 is 0. The first-order chi connectivity index (χ1) is 14.3. The van der Waals surface area contributed by atoms with E-state index in [1.807, 2.05) is 0 Å². The Morgan fingerprint density at radius 1 is 0.586 bits per heavy atom. The molecule has 0 bridgehead atoms. The predicted molar refractivity (Wildman–Crippen MR) is 128 cm³/mol. The summed E-state index contributed by atoms with van der Waals surface area (Å²) in [6.07, 6.45) is 31.4. The fourth-order valence-electron chi connectivity index (χ4n) is 4.46. The molecule has 0 unspecified atom stereocenters. The molecule has 170 valence electrons. The van der Waals surface area contributed by atoms with E-state index in [1.54, 1.807) is 5.82 Å². The van der Waals surface area contributed by atoms with E-state index in [-0.39, 0.29) is 0 Å². The normalized spacial score (nSPS) is 11.4. The van der Waals surface area contributed by atoms with Gasteiger partial charge in [-0.15, -0.1) is 0 Å². The molecule has 0 aliphatic heterocycles. The van der Waals surface area contributed by atoms with Crippen molar-refractivity contribution in [3.8, 4) is 0 Å². The first-order valence-electron chi connectivity index (χ1n) is 13.4. The van der Waals surface area contributed by atoms with E-state index < -0.39 is 0 Å². The second kappa shape index (κ2) is 19.2. The second-order valence-electron chi connectivity index (χ2n) is 9.10. The Morgan fingerprint density at radius 3 is 1.52 bits per heavy atom. The summed E-state index contributed by atoms with van der Waals surface area (Å²) in [6, 6.07) is 0. The van der Waals surface area contributed by atoms with Crippen molar-refractivity contribution in [1.29, 1.82) is 0 Å². The predicted octanol–water partition coefficient (Wildman–Crippen LogP) is 8.40. The van der Waals surface area contributed by atoms with Gasteiger partial charge in [0.25, 0.3) is 5.82 Å². The first-order valence-corrected chi connectivity index (χ1v) is 13.4. The highest BCUT2D eigenvalue weighted by Gasteiger charge is 2.15. The van der Waals surface area contributed by atoms with E-state index >= 15 is 0 Å². The molecule has 0 aliphatic rings. The van der Waals surface area contributed by atoms with E-state index in [9.17, 15) is 0 Å². The maximum Gasteiger partial charge on any atom is 0.256 e. The van der Waals surface area contributed by atoms with Gasteiger partial charge in [0.05, 0.1) is 13.1 Å². The van der Waals surface area contributed by atoms with Crippen LogP contribution in [-0.2, 0) is 19.5 Å². The molecule has 0 aliphatic carbocycles. The molecule has 1 aromatic heterocycles. The smallest absolute Gasteiger partial charge is 0.235 e. The van der Waals surface area contributed by atoms with Gasteiger partial charge in [-0.3, -0.25) is 0 Å². The third-order valence-electron chi connectivity index (χ3n) is 6.44. The summed E-state index contributed by atoms with van der Waals surface area (Å²) in [7, 11) is 0. The van der Waals surface area contributed by atoms with Gasteiger partial charge >= 0.3 is 0 Å². The summed E-state index contributed by atoms with van der Waals surface area (Å²) < 4.78 is 5.00. The zero-order valence-corrected chi connectivity index (χ0v) is 20.4. The topological polar surface area (TPSA) is 8.81 Å². The van der Waals surface area contributed by atoms with Gasteiger partial charge in [-0.05, 0) is 26.2 Å². The number of rotatable bonds is 21. The largest absolute Gasteiger partial charge is 0.256 e. The fourth-order valence-corrected chi connectivity index (χ4v) is 4.46. The molecule has 1 rings (SSSR count). The van der Waals surface area contributed by atoms with Crippen LogP contribution in [0.3, 0.4) is 0 Å². The van der Waals surface area contributed by atoms with Crippen molar-refractivity contribution < 1.29 is 4.57 Å². The number of hydrogen-bond donors (Lipinski definition) is 0. The lowest BCUT2D eigenvalue weighted by molar-refractivity contribution is -0.704. The number of imidazole rings is 1. The molecule has 0 atom stereocenters. The molecule has 0 spiro atoms. The maximum atomic E-state index is 2.54. The highest BCUT2D eigenvalue weighted by Crippen LogP contribution is 2.13. The van der Waals surface area contributed by atoms with Crippen molar-refractivity contribution in [2.24, 2.45) is 0 Å². The van der Waals surface area contributed by atoms with Crippen LogP contribution in [0.15, 0.2) is 12.4 Å². The van der Waals surface area contributed by atoms with Crippen molar-refractivity contribution in [1.82, 2.24) is 4.57 Å². The lowest BCUT2D eigenvalue weighted by Gasteiger charge is -2.05. The van der Waals surface area contributed by atoms with Crippen molar-refractivity contribution in [2.45, 2.75) is 156 Å². The van der Waals surface area contributed by atoms with E-state index in [2.05, 4.69) is 42.3 Å². The minimum absolute atomic E-state index is 1.11. The van der Waals surface area contributed by atoms with Gasteiger partial charge in [0.15, 0.2) is 0 Å². The zero-order valence-electron chi connectivity index (χ0n) is 20.4. The average Bonchev–Trinajstić information content (AvgIpc) is 3.13. The molecule has 1 aromatic rings. The number of unbranched alkanes of at least 4 members (excludes halogenated alkanes) is 16. The monoisotopic (exact) mass is 405 g/mol. The lowest BCUT2D eigenvalue weighted by Crippen LogP contribution is -2.37. The number of aromatic nitrogens is 2. The quantitative estimate of drug-likeness (QED) is 0.143. The Bertz CT molecular complexity index is 463. The van der Waals surface area contributed by atoms with Crippen LogP contribution in [0, 0.1) is 0 Å². The van der Waals surface area contributed by atoms with Gasteiger partial charge < -0.3 is 0 Å². The lowest BCUT2D eigenvalue weighted by atomic mass is 10.0. The van der Waals surface area contributed by atoms with Crippen LogP contribution < -0.4 is 4.57 Å². The van der Waals surface area contributed by atoms with Gasteiger partial charge in [0.2, 0.25) is 0 Å². The summed E-state index contributed by atoms with van der Waals surface area (Å²) in [5.74, 6) is 1.56. The average molecular weight is 406 g/mol. The van der Waals surface area contributed by atoms with Crippen LogP contribution in [0.5, 0.6) is 0 Å². The van der Waals surface area contributed by atoms with Gasteiger partial charge in [-0.1, -0.05) is 110 Å². The van der Waals surface area contributed by atoms with E-state index in [4.69, 9.17) is 0 Å². The zero-order chi connectivity index (χ0) is 21.0. The molecule has 0 fully saturated rings. The van der Waals surface area contributed by atoms with Gasteiger partial charge in [-0.2, -0.15) is 0 Å². The van der Waals surface area contributed by atoms with Crippen LogP contribution in [-0.4, -0.2) is 4.57 Å². The maximum absolute atomic E-state index is 2.54. The number of aryl methyl sites for hydroxylation is 2. The molecule has 0 radical (unpaired) electrons. The molecule has 29 heavy (non-hydrogen) atoms. The molecule has 0 saturated carbocycles. The van der Waals surface area contributed by atoms with Crippen molar-refractivity contribution >= 4 is 0 Å². The van der Waals surface area contributed by atoms with E-state index in [1.165, 1.54) is 129 Å². The van der Waals surface area contributed by atoms with Crippen molar-refractivity contribution in [3.05, 3.63) is 18.2 Å². The minimum atomic E-state index is 1.11. The molecule has 1 heterocycles. The Balaban J connectivity index is 2.06. The molecule has 0 amide bonds.